The summed E-state index contributed by atoms with van der Waals surface area (Å²) in [5, 5.41) is 9.46. The van der Waals surface area contributed by atoms with Crippen LogP contribution in [0.3, 0.4) is 0 Å². The number of aliphatic hydroxyl groups excluding tert-OH is 1. The summed E-state index contributed by atoms with van der Waals surface area (Å²) in [5.41, 5.74) is 6.37. The summed E-state index contributed by atoms with van der Waals surface area (Å²) in [4.78, 5) is 0. The first-order chi connectivity index (χ1) is 6.79. The van der Waals surface area contributed by atoms with Gasteiger partial charge in [0.05, 0.1) is 6.61 Å². The lowest BCUT2D eigenvalue weighted by atomic mass is 9.82. The Labute approximate surface area is 86.9 Å². The van der Waals surface area contributed by atoms with Crippen molar-refractivity contribution in [1.82, 2.24) is 0 Å². The van der Waals surface area contributed by atoms with Crippen molar-refractivity contribution in [2.45, 2.75) is 51.4 Å². The van der Waals surface area contributed by atoms with Crippen molar-refractivity contribution in [3.8, 4) is 0 Å². The van der Waals surface area contributed by atoms with Crippen molar-refractivity contribution in [3.05, 3.63) is 0 Å². The molecular weight excluding hydrogens is 174 g/mol. The standard InChI is InChI=1S/C12H23NO/c13-9-12(10-14)8-11(12)6-4-2-1-3-5-7-11/h14H,1-10,13H2. The van der Waals surface area contributed by atoms with Crippen LogP contribution >= 0.6 is 0 Å². The second kappa shape index (κ2) is 3.82. The number of hydrogen-bond donors (Lipinski definition) is 2. The van der Waals surface area contributed by atoms with E-state index < -0.39 is 0 Å². The third-order valence-corrected chi connectivity index (χ3v) is 4.68. The molecule has 14 heavy (non-hydrogen) atoms. The summed E-state index contributed by atoms with van der Waals surface area (Å²) in [6.45, 7) is 0.993. The van der Waals surface area contributed by atoms with Crippen molar-refractivity contribution in [3.63, 3.8) is 0 Å². The lowest BCUT2D eigenvalue weighted by Crippen LogP contribution is -2.27. The van der Waals surface area contributed by atoms with E-state index in [0.29, 0.717) is 18.6 Å². The van der Waals surface area contributed by atoms with E-state index in [0.717, 1.165) is 0 Å². The van der Waals surface area contributed by atoms with E-state index in [-0.39, 0.29) is 5.41 Å². The first-order valence-electron chi connectivity index (χ1n) is 6.10. The fourth-order valence-electron chi connectivity index (χ4n) is 3.47. The molecule has 0 aromatic rings. The van der Waals surface area contributed by atoms with Crippen LogP contribution in [-0.2, 0) is 0 Å². The van der Waals surface area contributed by atoms with E-state index >= 15 is 0 Å². The van der Waals surface area contributed by atoms with Gasteiger partial charge >= 0.3 is 0 Å². The van der Waals surface area contributed by atoms with E-state index in [1.54, 1.807) is 0 Å². The minimum Gasteiger partial charge on any atom is -0.396 e. The maximum Gasteiger partial charge on any atom is 0.0505 e. The second-order valence-electron chi connectivity index (χ2n) is 5.37. The minimum absolute atomic E-state index is 0.115. The molecule has 2 heteroatoms. The average Bonchev–Trinajstić information content (AvgIpc) is 2.82. The molecule has 0 heterocycles. The Balaban J connectivity index is 2.01. The molecular formula is C12H23NO. The molecule has 0 aromatic carbocycles. The largest absolute Gasteiger partial charge is 0.396 e. The Morgan fingerprint density at radius 2 is 1.57 bits per heavy atom. The van der Waals surface area contributed by atoms with Gasteiger partial charge in [0.25, 0.3) is 0 Å². The molecule has 2 rings (SSSR count). The highest BCUT2D eigenvalue weighted by Gasteiger charge is 2.64. The summed E-state index contributed by atoms with van der Waals surface area (Å²) in [5.74, 6) is 0. The molecule has 0 aliphatic heterocycles. The van der Waals surface area contributed by atoms with Crippen molar-refractivity contribution in [2.24, 2.45) is 16.6 Å². The van der Waals surface area contributed by atoms with Crippen LogP contribution < -0.4 is 5.73 Å². The third kappa shape index (κ3) is 1.49. The smallest absolute Gasteiger partial charge is 0.0505 e. The highest BCUT2D eigenvalue weighted by molar-refractivity contribution is 5.14. The molecule has 3 N–H and O–H groups in total. The first-order valence-corrected chi connectivity index (χ1v) is 6.10. The molecule has 2 aliphatic rings. The molecule has 0 radical (unpaired) electrons. The second-order valence-corrected chi connectivity index (χ2v) is 5.37. The number of aliphatic hydroxyl groups is 1. The van der Waals surface area contributed by atoms with E-state index in [9.17, 15) is 5.11 Å². The summed E-state index contributed by atoms with van der Waals surface area (Å²) in [7, 11) is 0. The number of rotatable bonds is 2. The molecule has 1 spiro atoms. The summed E-state index contributed by atoms with van der Waals surface area (Å²) >= 11 is 0. The normalized spacial score (nSPS) is 36.4. The Morgan fingerprint density at radius 1 is 1.00 bits per heavy atom. The predicted octanol–water partition coefficient (Wildman–Crippen LogP) is 2.06. The maximum atomic E-state index is 9.46. The van der Waals surface area contributed by atoms with Gasteiger partial charge in [-0.15, -0.1) is 0 Å². The first kappa shape index (κ1) is 10.4. The Kier molecular flexibility index (Phi) is 2.85. The molecule has 2 fully saturated rings. The monoisotopic (exact) mass is 197 g/mol. The lowest BCUT2D eigenvalue weighted by molar-refractivity contribution is 0.158. The molecule has 1 atom stereocenters. The van der Waals surface area contributed by atoms with Crippen LogP contribution in [0.15, 0.2) is 0 Å². The van der Waals surface area contributed by atoms with Gasteiger partial charge in [0.15, 0.2) is 0 Å². The zero-order valence-corrected chi connectivity index (χ0v) is 9.10. The SMILES string of the molecule is NCC1(CO)CC12CCCCCCC2. The maximum absolute atomic E-state index is 9.46. The highest BCUT2D eigenvalue weighted by atomic mass is 16.3. The molecule has 2 saturated carbocycles. The van der Waals surface area contributed by atoms with E-state index in [4.69, 9.17) is 5.73 Å². The van der Waals surface area contributed by atoms with Crippen LogP contribution in [0.1, 0.15) is 51.4 Å². The average molecular weight is 197 g/mol. The summed E-state index contributed by atoms with van der Waals surface area (Å²) in [6, 6.07) is 0. The molecule has 1 unspecified atom stereocenters. The van der Waals surface area contributed by atoms with Gasteiger partial charge in [-0.3, -0.25) is 0 Å². The van der Waals surface area contributed by atoms with E-state index in [1.807, 2.05) is 0 Å². The number of hydrogen-bond acceptors (Lipinski definition) is 2. The van der Waals surface area contributed by atoms with Gasteiger partial charge in [-0.25, -0.2) is 0 Å². The van der Waals surface area contributed by atoms with Crippen molar-refractivity contribution >= 4 is 0 Å². The lowest BCUT2D eigenvalue weighted by Gasteiger charge is -2.25. The van der Waals surface area contributed by atoms with Gasteiger partial charge in [0.2, 0.25) is 0 Å². The van der Waals surface area contributed by atoms with Gasteiger partial charge in [0.1, 0.15) is 0 Å². The molecule has 0 saturated heterocycles. The van der Waals surface area contributed by atoms with Crippen LogP contribution in [-0.4, -0.2) is 18.3 Å². The topological polar surface area (TPSA) is 46.2 Å². The molecule has 82 valence electrons. The Hall–Kier alpha value is -0.0800. The Bertz CT molecular complexity index is 190. The van der Waals surface area contributed by atoms with Gasteiger partial charge < -0.3 is 10.8 Å². The van der Waals surface area contributed by atoms with Crippen LogP contribution in [0.25, 0.3) is 0 Å². The number of nitrogens with two attached hydrogens (primary N) is 1. The van der Waals surface area contributed by atoms with E-state index in [1.165, 1.54) is 51.4 Å². The fourth-order valence-corrected chi connectivity index (χ4v) is 3.47. The molecule has 2 nitrogen and oxygen atoms in total. The molecule has 0 aromatic heterocycles. The van der Waals surface area contributed by atoms with Crippen molar-refractivity contribution < 1.29 is 5.11 Å². The minimum atomic E-state index is 0.115. The van der Waals surface area contributed by atoms with Gasteiger partial charge in [-0.1, -0.05) is 32.1 Å². The predicted molar refractivity (Wildman–Crippen MR) is 57.9 cm³/mol. The van der Waals surface area contributed by atoms with Crippen LogP contribution in [0.5, 0.6) is 0 Å². The van der Waals surface area contributed by atoms with Crippen LogP contribution in [0, 0.1) is 10.8 Å². The van der Waals surface area contributed by atoms with Crippen LogP contribution in [0.4, 0.5) is 0 Å². The molecule has 2 aliphatic carbocycles. The molecule has 0 bridgehead atoms. The van der Waals surface area contributed by atoms with Gasteiger partial charge in [-0.05, 0) is 24.7 Å². The third-order valence-electron chi connectivity index (χ3n) is 4.68. The van der Waals surface area contributed by atoms with Crippen molar-refractivity contribution in [2.75, 3.05) is 13.2 Å². The van der Waals surface area contributed by atoms with Crippen molar-refractivity contribution in [1.29, 1.82) is 0 Å². The van der Waals surface area contributed by atoms with Gasteiger partial charge in [-0.2, -0.15) is 0 Å². The highest BCUT2D eigenvalue weighted by Crippen LogP contribution is 2.68. The zero-order chi connectivity index (χ0) is 10.1. The molecule has 0 amide bonds. The van der Waals surface area contributed by atoms with Crippen LogP contribution in [0.2, 0.25) is 0 Å². The van der Waals surface area contributed by atoms with Gasteiger partial charge in [0, 0.05) is 12.0 Å². The quantitative estimate of drug-likeness (QED) is 0.711. The fraction of sp³-hybridized carbons (Fsp3) is 1.00. The summed E-state index contributed by atoms with van der Waals surface area (Å²) < 4.78 is 0. The van der Waals surface area contributed by atoms with E-state index in [2.05, 4.69) is 0 Å². The Morgan fingerprint density at radius 3 is 2.00 bits per heavy atom. The summed E-state index contributed by atoms with van der Waals surface area (Å²) in [6.07, 6.45) is 10.7. The zero-order valence-electron chi connectivity index (χ0n) is 9.10.